The van der Waals surface area contributed by atoms with E-state index in [9.17, 15) is 9.90 Å². The first-order valence-corrected chi connectivity index (χ1v) is 6.73. The van der Waals surface area contributed by atoms with Crippen LogP contribution in [-0.2, 0) is 9.53 Å². The van der Waals surface area contributed by atoms with E-state index in [0.29, 0.717) is 18.1 Å². The molecule has 16 heavy (non-hydrogen) atoms. The van der Waals surface area contributed by atoms with Crippen LogP contribution < -0.4 is 0 Å². The van der Waals surface area contributed by atoms with Crippen molar-refractivity contribution in [1.29, 1.82) is 0 Å². The number of carbonyl (C=O) groups is 1. The van der Waals surface area contributed by atoms with E-state index in [2.05, 4.69) is 29.5 Å². The molecule has 0 bridgehead atoms. The van der Waals surface area contributed by atoms with Gasteiger partial charge in [0.1, 0.15) is 6.61 Å². The molecule has 0 aromatic heterocycles. The molecule has 0 aliphatic heterocycles. The predicted octanol–water partition coefficient (Wildman–Crippen LogP) is 3.40. The molecule has 0 heterocycles. The van der Waals surface area contributed by atoms with Gasteiger partial charge in [-0.15, -0.1) is 0 Å². The summed E-state index contributed by atoms with van der Waals surface area (Å²) < 4.78 is 5.76. The van der Waals surface area contributed by atoms with E-state index in [4.69, 9.17) is 4.74 Å². The maximum atomic E-state index is 10.5. The number of carbonyl (C=O) groups excluding carboxylic acids is 1. The van der Waals surface area contributed by atoms with Crippen molar-refractivity contribution in [3.8, 4) is 0 Å². The van der Waals surface area contributed by atoms with Crippen LogP contribution in [0.1, 0.15) is 27.2 Å². The van der Waals surface area contributed by atoms with Gasteiger partial charge in [-0.05, 0) is 25.0 Å². The molecule has 0 aliphatic rings. The summed E-state index contributed by atoms with van der Waals surface area (Å²) in [4.78, 5) is 10.5. The number of alkyl halides is 1. The van der Waals surface area contributed by atoms with Crippen LogP contribution in [0.5, 0.6) is 0 Å². The highest BCUT2D eigenvalue weighted by Crippen LogP contribution is 2.12. The summed E-state index contributed by atoms with van der Waals surface area (Å²) in [7, 11) is 0. The van der Waals surface area contributed by atoms with E-state index in [0.717, 1.165) is 10.0 Å². The first-order valence-electron chi connectivity index (χ1n) is 5.20. The Balaban J connectivity index is 4.07. The minimum absolute atomic E-state index is 0.274. The maximum Gasteiger partial charge on any atom is 0.302 e. The number of ether oxygens (including phenoxy) is 1. The molecule has 0 amide bonds. The fraction of sp³-hybridized carbons (Fsp3) is 0.583. The van der Waals surface area contributed by atoms with Crippen molar-refractivity contribution in [3.05, 3.63) is 23.5 Å². The van der Waals surface area contributed by atoms with E-state index in [1.807, 2.05) is 13.0 Å². The number of halogens is 1. The summed E-state index contributed by atoms with van der Waals surface area (Å²) in [6, 6.07) is 0. The van der Waals surface area contributed by atoms with Crippen molar-refractivity contribution in [1.82, 2.24) is 0 Å². The van der Waals surface area contributed by atoms with Crippen LogP contribution in [-0.4, -0.2) is 22.1 Å². The SMILES string of the molecule is CC(=O)OCC=C(C)CC(O)=CC(C)CI. The average Bonchev–Trinajstić information content (AvgIpc) is 2.16. The zero-order valence-electron chi connectivity index (χ0n) is 10.00. The maximum absolute atomic E-state index is 10.5. The number of allylic oxidation sites excluding steroid dienone is 2. The second kappa shape index (κ2) is 8.61. The number of hydrogen-bond donors (Lipinski definition) is 1. The van der Waals surface area contributed by atoms with Crippen LogP contribution in [0.4, 0.5) is 0 Å². The summed E-state index contributed by atoms with van der Waals surface area (Å²) >= 11 is 2.28. The standard InChI is InChI=1S/C12H19IO3/c1-9(4-5-16-11(3)14)6-12(15)7-10(2)8-13/h4,7,10,15H,5-6,8H2,1-3H3. The minimum Gasteiger partial charge on any atom is -0.512 e. The van der Waals surface area contributed by atoms with Gasteiger partial charge in [-0.2, -0.15) is 0 Å². The normalized spacial score (nSPS) is 14.8. The van der Waals surface area contributed by atoms with E-state index in [1.54, 1.807) is 6.08 Å². The molecular weight excluding hydrogens is 319 g/mol. The molecule has 0 rings (SSSR count). The monoisotopic (exact) mass is 338 g/mol. The number of hydrogen-bond acceptors (Lipinski definition) is 3. The highest BCUT2D eigenvalue weighted by atomic mass is 127. The zero-order valence-corrected chi connectivity index (χ0v) is 12.2. The molecule has 0 saturated heterocycles. The van der Waals surface area contributed by atoms with Gasteiger partial charge in [0, 0.05) is 17.8 Å². The van der Waals surface area contributed by atoms with Crippen LogP contribution in [0.15, 0.2) is 23.5 Å². The molecule has 0 aliphatic carbocycles. The summed E-state index contributed by atoms with van der Waals surface area (Å²) in [5, 5.41) is 9.64. The molecule has 1 unspecified atom stereocenters. The minimum atomic E-state index is -0.289. The van der Waals surface area contributed by atoms with Crippen LogP contribution in [0.3, 0.4) is 0 Å². The van der Waals surface area contributed by atoms with Gasteiger partial charge in [-0.1, -0.05) is 35.1 Å². The third kappa shape index (κ3) is 8.76. The Morgan fingerprint density at radius 2 is 2.12 bits per heavy atom. The van der Waals surface area contributed by atoms with E-state index < -0.39 is 0 Å². The van der Waals surface area contributed by atoms with Crippen molar-refractivity contribution < 1.29 is 14.6 Å². The molecule has 0 radical (unpaired) electrons. The molecule has 4 heteroatoms. The van der Waals surface area contributed by atoms with Gasteiger partial charge in [0.25, 0.3) is 0 Å². The van der Waals surface area contributed by atoms with Gasteiger partial charge in [-0.25, -0.2) is 0 Å². The number of esters is 1. The summed E-state index contributed by atoms with van der Waals surface area (Å²) in [5.41, 5.74) is 0.996. The molecule has 3 nitrogen and oxygen atoms in total. The van der Waals surface area contributed by atoms with Crippen LogP contribution in [0, 0.1) is 5.92 Å². The lowest BCUT2D eigenvalue weighted by Gasteiger charge is -2.05. The topological polar surface area (TPSA) is 46.5 Å². The molecule has 0 aromatic carbocycles. The predicted molar refractivity (Wildman–Crippen MR) is 73.8 cm³/mol. The molecule has 1 N–H and O–H groups in total. The molecule has 0 saturated carbocycles. The number of aliphatic hydroxyl groups is 1. The van der Waals surface area contributed by atoms with Gasteiger partial charge in [-0.3, -0.25) is 4.79 Å². The fourth-order valence-corrected chi connectivity index (χ4v) is 1.35. The summed E-state index contributed by atoms with van der Waals surface area (Å²) in [6.07, 6.45) is 4.18. The van der Waals surface area contributed by atoms with E-state index in [-0.39, 0.29) is 12.6 Å². The van der Waals surface area contributed by atoms with Crippen molar-refractivity contribution in [3.63, 3.8) is 0 Å². The van der Waals surface area contributed by atoms with Crippen molar-refractivity contribution >= 4 is 28.6 Å². The Bertz CT molecular complexity index is 282. The van der Waals surface area contributed by atoms with Gasteiger partial charge in [0.15, 0.2) is 0 Å². The Morgan fingerprint density at radius 3 is 2.62 bits per heavy atom. The molecule has 92 valence electrons. The first-order chi connectivity index (χ1) is 7.45. The van der Waals surface area contributed by atoms with E-state index >= 15 is 0 Å². The van der Waals surface area contributed by atoms with Crippen LogP contribution in [0.25, 0.3) is 0 Å². The highest BCUT2D eigenvalue weighted by molar-refractivity contribution is 14.1. The lowest BCUT2D eigenvalue weighted by Crippen LogP contribution is -1.99. The lowest BCUT2D eigenvalue weighted by molar-refractivity contribution is -0.139. The van der Waals surface area contributed by atoms with E-state index in [1.165, 1.54) is 6.92 Å². The quantitative estimate of drug-likeness (QED) is 0.265. The summed E-state index contributed by atoms with van der Waals surface area (Å²) in [5.74, 6) is 0.463. The van der Waals surface area contributed by atoms with Crippen LogP contribution >= 0.6 is 22.6 Å². The molecule has 0 fully saturated rings. The largest absolute Gasteiger partial charge is 0.512 e. The smallest absolute Gasteiger partial charge is 0.302 e. The first kappa shape index (κ1) is 15.5. The molecule has 0 aromatic rings. The second-order valence-electron chi connectivity index (χ2n) is 3.82. The average molecular weight is 338 g/mol. The Morgan fingerprint density at radius 1 is 1.50 bits per heavy atom. The molecular formula is C12H19IO3. The number of rotatable bonds is 6. The molecule has 0 spiro atoms. The third-order valence-corrected chi connectivity index (χ3v) is 3.29. The van der Waals surface area contributed by atoms with Gasteiger partial charge < -0.3 is 9.84 Å². The Hall–Kier alpha value is -0.520. The third-order valence-electron chi connectivity index (χ3n) is 1.90. The van der Waals surface area contributed by atoms with Gasteiger partial charge >= 0.3 is 5.97 Å². The second-order valence-corrected chi connectivity index (χ2v) is 4.70. The lowest BCUT2D eigenvalue weighted by atomic mass is 10.1. The van der Waals surface area contributed by atoms with Gasteiger partial charge in [0.2, 0.25) is 0 Å². The van der Waals surface area contributed by atoms with Crippen LogP contribution in [0.2, 0.25) is 0 Å². The van der Waals surface area contributed by atoms with Crippen molar-refractivity contribution in [2.45, 2.75) is 27.2 Å². The summed E-state index contributed by atoms with van der Waals surface area (Å²) in [6.45, 7) is 5.61. The Labute approximate surface area is 111 Å². The fourth-order valence-electron chi connectivity index (χ4n) is 1.09. The van der Waals surface area contributed by atoms with Gasteiger partial charge in [0.05, 0.1) is 5.76 Å². The molecule has 1 atom stereocenters. The number of aliphatic hydroxyl groups excluding tert-OH is 1. The Kier molecular flexibility index (Phi) is 8.33. The van der Waals surface area contributed by atoms with Crippen molar-refractivity contribution in [2.24, 2.45) is 5.92 Å². The van der Waals surface area contributed by atoms with Crippen molar-refractivity contribution in [2.75, 3.05) is 11.0 Å². The highest BCUT2D eigenvalue weighted by Gasteiger charge is 2.00. The zero-order chi connectivity index (χ0) is 12.6.